The van der Waals surface area contributed by atoms with Crippen LogP contribution < -0.4 is 16.4 Å². The molecule has 164 valence electrons. The van der Waals surface area contributed by atoms with Crippen LogP contribution in [0.1, 0.15) is 46.7 Å². The number of guanidine groups is 1. The van der Waals surface area contributed by atoms with Crippen molar-refractivity contribution in [2.75, 3.05) is 5.32 Å². The summed E-state index contributed by atoms with van der Waals surface area (Å²) < 4.78 is 5.24. The number of hydrogen-bond acceptors (Lipinski definition) is 3. The second-order valence-corrected chi connectivity index (χ2v) is 6.95. The lowest BCUT2D eigenvalue weighted by Crippen LogP contribution is -2.24. The van der Waals surface area contributed by atoms with Crippen LogP contribution in [0.15, 0.2) is 70.3 Å². The lowest BCUT2D eigenvalue weighted by atomic mass is 10.0. The van der Waals surface area contributed by atoms with E-state index in [1.165, 1.54) is 11.1 Å². The van der Waals surface area contributed by atoms with E-state index in [0.717, 1.165) is 24.1 Å². The molecular formula is C24H29IN4O2. The molecule has 1 heterocycles. The van der Waals surface area contributed by atoms with Gasteiger partial charge >= 0.3 is 0 Å². The minimum atomic E-state index is -0.159. The van der Waals surface area contributed by atoms with E-state index in [0.29, 0.717) is 30.4 Å². The van der Waals surface area contributed by atoms with Gasteiger partial charge in [0.2, 0.25) is 0 Å². The number of amides is 1. The van der Waals surface area contributed by atoms with Crippen molar-refractivity contribution in [3.05, 3.63) is 88.9 Å². The number of benzene rings is 2. The zero-order chi connectivity index (χ0) is 21.3. The fraction of sp³-hybridized carbons (Fsp3) is 0.250. The summed E-state index contributed by atoms with van der Waals surface area (Å²) in [6.07, 6.45) is 3.41. The Hall–Kier alpha value is -2.81. The average Bonchev–Trinajstić information content (AvgIpc) is 3.30. The third kappa shape index (κ3) is 6.85. The van der Waals surface area contributed by atoms with Gasteiger partial charge in [0.15, 0.2) is 5.96 Å². The molecule has 31 heavy (non-hydrogen) atoms. The molecule has 6 nitrogen and oxygen atoms in total. The summed E-state index contributed by atoms with van der Waals surface area (Å²) in [4.78, 5) is 16.9. The van der Waals surface area contributed by atoms with Gasteiger partial charge in [0, 0.05) is 11.3 Å². The van der Waals surface area contributed by atoms with Crippen LogP contribution in [-0.4, -0.2) is 11.9 Å². The normalized spacial score (nSPS) is 11.0. The number of rotatable bonds is 8. The molecule has 0 atom stereocenters. The monoisotopic (exact) mass is 532 g/mol. The maximum absolute atomic E-state index is 12.4. The third-order valence-electron chi connectivity index (χ3n) is 4.88. The Morgan fingerprint density at radius 2 is 1.74 bits per heavy atom. The molecule has 0 saturated heterocycles. The SMILES string of the molecule is CCc1cccc(CC)c1NC(N)=NCc1cccc(C(=O)NCc2ccco2)c1.I. The van der Waals surface area contributed by atoms with Crippen molar-refractivity contribution >= 4 is 41.5 Å². The van der Waals surface area contributed by atoms with E-state index >= 15 is 0 Å². The molecule has 0 bridgehead atoms. The van der Waals surface area contributed by atoms with Gasteiger partial charge in [0.05, 0.1) is 19.4 Å². The highest BCUT2D eigenvalue weighted by molar-refractivity contribution is 14.0. The van der Waals surface area contributed by atoms with E-state index in [1.807, 2.05) is 24.3 Å². The smallest absolute Gasteiger partial charge is 0.251 e. The Kier molecular flexibility index (Phi) is 9.58. The molecule has 4 N–H and O–H groups in total. The second-order valence-electron chi connectivity index (χ2n) is 6.95. The molecule has 1 amide bonds. The first-order valence-corrected chi connectivity index (χ1v) is 10.2. The summed E-state index contributed by atoms with van der Waals surface area (Å²) in [6.45, 7) is 4.97. The van der Waals surface area contributed by atoms with Crippen molar-refractivity contribution in [2.24, 2.45) is 10.7 Å². The van der Waals surface area contributed by atoms with Gasteiger partial charge in [-0.05, 0) is 53.8 Å². The Labute approximate surface area is 200 Å². The Morgan fingerprint density at radius 3 is 2.39 bits per heavy atom. The van der Waals surface area contributed by atoms with Crippen LogP contribution in [0.25, 0.3) is 0 Å². The van der Waals surface area contributed by atoms with Crippen molar-refractivity contribution < 1.29 is 9.21 Å². The van der Waals surface area contributed by atoms with Crippen molar-refractivity contribution in [1.29, 1.82) is 0 Å². The van der Waals surface area contributed by atoms with Crippen molar-refractivity contribution in [1.82, 2.24) is 5.32 Å². The quantitative estimate of drug-likeness (QED) is 0.219. The van der Waals surface area contributed by atoms with Gasteiger partial charge in [0.25, 0.3) is 5.91 Å². The van der Waals surface area contributed by atoms with E-state index in [9.17, 15) is 4.79 Å². The summed E-state index contributed by atoms with van der Waals surface area (Å²) >= 11 is 0. The van der Waals surface area contributed by atoms with Gasteiger partial charge in [-0.1, -0.05) is 44.2 Å². The van der Waals surface area contributed by atoms with Crippen LogP contribution in [0.5, 0.6) is 0 Å². The summed E-state index contributed by atoms with van der Waals surface area (Å²) in [5.74, 6) is 0.910. The van der Waals surface area contributed by atoms with Crippen LogP contribution in [-0.2, 0) is 25.9 Å². The number of para-hydroxylation sites is 1. The largest absolute Gasteiger partial charge is 0.467 e. The minimum absolute atomic E-state index is 0. The molecule has 7 heteroatoms. The van der Waals surface area contributed by atoms with Crippen molar-refractivity contribution in [2.45, 2.75) is 39.8 Å². The maximum Gasteiger partial charge on any atom is 0.251 e. The first-order chi connectivity index (χ1) is 14.6. The standard InChI is InChI=1S/C24H28N4O2.HI/c1-3-18-9-6-10-19(4-2)22(18)28-24(25)27-15-17-8-5-11-20(14-17)23(29)26-16-21-12-7-13-30-21;/h5-14H,3-4,15-16H2,1-2H3,(H,26,29)(H3,25,27,28);1H. The number of carbonyl (C=O) groups excluding carboxylic acids is 1. The molecule has 0 fully saturated rings. The van der Waals surface area contributed by atoms with Gasteiger partial charge in [-0.25, -0.2) is 4.99 Å². The van der Waals surface area contributed by atoms with E-state index in [1.54, 1.807) is 18.4 Å². The van der Waals surface area contributed by atoms with Crippen LogP contribution >= 0.6 is 24.0 Å². The predicted molar refractivity (Wildman–Crippen MR) is 136 cm³/mol. The molecule has 3 aromatic rings. The molecule has 0 aliphatic rings. The molecule has 2 aromatic carbocycles. The highest BCUT2D eigenvalue weighted by Gasteiger charge is 2.09. The lowest BCUT2D eigenvalue weighted by molar-refractivity contribution is 0.0948. The summed E-state index contributed by atoms with van der Waals surface area (Å²) in [6, 6.07) is 17.2. The second kappa shape index (κ2) is 12.1. The topological polar surface area (TPSA) is 92.6 Å². The number of furan rings is 1. The Balaban J connectivity index is 0.00000341. The number of halogens is 1. The molecule has 0 radical (unpaired) electrons. The Bertz CT molecular complexity index is 994. The van der Waals surface area contributed by atoms with Crippen molar-refractivity contribution in [3.8, 4) is 0 Å². The van der Waals surface area contributed by atoms with Gasteiger partial charge in [0.1, 0.15) is 5.76 Å². The fourth-order valence-corrected chi connectivity index (χ4v) is 3.24. The predicted octanol–water partition coefficient (Wildman–Crippen LogP) is 4.88. The van der Waals surface area contributed by atoms with Gasteiger partial charge in [-0.15, -0.1) is 24.0 Å². The van der Waals surface area contributed by atoms with Crippen LogP contribution in [0.4, 0.5) is 5.69 Å². The van der Waals surface area contributed by atoms with E-state index in [4.69, 9.17) is 10.2 Å². The highest BCUT2D eigenvalue weighted by Crippen LogP contribution is 2.22. The molecule has 0 saturated carbocycles. The number of hydrogen-bond donors (Lipinski definition) is 3. The fourth-order valence-electron chi connectivity index (χ4n) is 3.24. The number of anilines is 1. The summed E-state index contributed by atoms with van der Waals surface area (Å²) in [5.41, 5.74) is 11.1. The van der Waals surface area contributed by atoms with Gasteiger partial charge in [-0.2, -0.15) is 0 Å². The molecule has 3 rings (SSSR count). The van der Waals surface area contributed by atoms with Crippen LogP contribution in [0, 0.1) is 0 Å². The zero-order valence-electron chi connectivity index (χ0n) is 17.9. The lowest BCUT2D eigenvalue weighted by Gasteiger charge is -2.15. The maximum atomic E-state index is 12.4. The third-order valence-corrected chi connectivity index (χ3v) is 4.88. The van der Waals surface area contributed by atoms with Crippen LogP contribution in [0.3, 0.4) is 0 Å². The average molecular weight is 532 g/mol. The minimum Gasteiger partial charge on any atom is -0.467 e. The number of aryl methyl sites for hydroxylation is 2. The number of aliphatic imine (C=N–C) groups is 1. The number of carbonyl (C=O) groups is 1. The molecule has 0 spiro atoms. The first kappa shape index (κ1) is 24.5. The molecule has 0 unspecified atom stereocenters. The number of nitrogens with zero attached hydrogens (tertiary/aromatic N) is 1. The number of nitrogens with one attached hydrogen (secondary N) is 2. The van der Waals surface area contributed by atoms with Gasteiger partial charge < -0.3 is 20.8 Å². The number of nitrogens with two attached hydrogens (primary N) is 1. The molecule has 0 aliphatic carbocycles. The first-order valence-electron chi connectivity index (χ1n) is 10.2. The zero-order valence-corrected chi connectivity index (χ0v) is 20.2. The molecular weight excluding hydrogens is 503 g/mol. The Morgan fingerprint density at radius 1 is 1.03 bits per heavy atom. The van der Waals surface area contributed by atoms with E-state index in [2.05, 4.69) is 47.7 Å². The van der Waals surface area contributed by atoms with Crippen molar-refractivity contribution in [3.63, 3.8) is 0 Å². The summed E-state index contributed by atoms with van der Waals surface area (Å²) in [7, 11) is 0. The summed E-state index contributed by atoms with van der Waals surface area (Å²) in [5, 5.41) is 6.11. The van der Waals surface area contributed by atoms with Gasteiger partial charge in [-0.3, -0.25) is 4.79 Å². The van der Waals surface area contributed by atoms with E-state index in [-0.39, 0.29) is 29.9 Å². The highest BCUT2D eigenvalue weighted by atomic mass is 127. The van der Waals surface area contributed by atoms with Crippen LogP contribution in [0.2, 0.25) is 0 Å². The molecule has 0 aliphatic heterocycles. The molecule has 1 aromatic heterocycles. The van der Waals surface area contributed by atoms with E-state index < -0.39 is 0 Å².